The fraction of sp³-hybridized carbons (Fsp3) is 0.222. The monoisotopic (exact) mass is 428 g/mol. The zero-order valence-electron chi connectivity index (χ0n) is 14.6. The smallest absolute Gasteiger partial charge is 0.253 e. The zero-order chi connectivity index (χ0) is 20.2. The van der Waals surface area contributed by atoms with Crippen molar-refractivity contribution in [2.75, 3.05) is 11.1 Å². The van der Waals surface area contributed by atoms with E-state index < -0.39 is 27.4 Å². The van der Waals surface area contributed by atoms with Gasteiger partial charge in [-0.2, -0.15) is 0 Å². The Labute approximate surface area is 167 Å². The highest BCUT2D eigenvalue weighted by Gasteiger charge is 2.21. The average Bonchev–Trinajstić information content (AvgIpc) is 2.53. The second kappa shape index (κ2) is 8.73. The Balaban J connectivity index is 2.21. The predicted molar refractivity (Wildman–Crippen MR) is 106 cm³/mol. The molecule has 2 rings (SSSR count). The van der Waals surface area contributed by atoms with Crippen LogP contribution in [0.1, 0.15) is 24.2 Å². The number of benzene rings is 2. The molecule has 144 valence electrons. The van der Waals surface area contributed by atoms with Crippen molar-refractivity contribution in [1.29, 1.82) is 0 Å². The number of hydrogen-bond acceptors (Lipinski definition) is 4. The Morgan fingerprint density at radius 1 is 1.00 bits per heavy atom. The van der Waals surface area contributed by atoms with Gasteiger partial charge in [-0.05, 0) is 56.3 Å². The highest BCUT2D eigenvalue weighted by atomic mass is 35.5. The molecule has 2 N–H and O–H groups in total. The molecule has 9 heteroatoms. The normalized spacial score (nSPS) is 11.3. The second-order valence-electron chi connectivity index (χ2n) is 6.08. The maximum atomic E-state index is 12.4. The van der Waals surface area contributed by atoms with E-state index in [1.807, 2.05) is 0 Å². The summed E-state index contributed by atoms with van der Waals surface area (Å²) in [5.74, 6) is -1.98. The van der Waals surface area contributed by atoms with Gasteiger partial charge in [0.2, 0.25) is 5.91 Å². The number of carbonyl (C=O) groups excluding carboxylic acids is 2. The number of nitrogens with one attached hydrogen (secondary N) is 2. The minimum Gasteiger partial charge on any atom is -0.350 e. The Morgan fingerprint density at radius 3 is 2.19 bits per heavy atom. The van der Waals surface area contributed by atoms with Crippen LogP contribution in [0.2, 0.25) is 10.0 Å². The van der Waals surface area contributed by atoms with Crippen LogP contribution in [0, 0.1) is 0 Å². The van der Waals surface area contributed by atoms with Crippen LogP contribution in [-0.2, 0) is 14.6 Å². The van der Waals surface area contributed by atoms with E-state index in [-0.39, 0.29) is 22.2 Å². The molecule has 0 aliphatic carbocycles. The Hall–Kier alpha value is -2.09. The molecule has 2 aromatic rings. The fourth-order valence-corrected chi connectivity index (χ4v) is 3.67. The van der Waals surface area contributed by atoms with Crippen molar-refractivity contribution in [2.45, 2.75) is 24.8 Å². The molecule has 0 spiro atoms. The summed E-state index contributed by atoms with van der Waals surface area (Å²) >= 11 is 11.7. The molecule has 0 atom stereocenters. The highest BCUT2D eigenvalue weighted by Crippen LogP contribution is 2.22. The van der Waals surface area contributed by atoms with Gasteiger partial charge in [-0.3, -0.25) is 9.59 Å². The number of anilines is 1. The molecular weight excluding hydrogens is 411 g/mol. The molecule has 6 nitrogen and oxygen atoms in total. The fourth-order valence-electron chi connectivity index (χ4n) is 2.24. The van der Waals surface area contributed by atoms with Crippen molar-refractivity contribution in [3.05, 3.63) is 58.1 Å². The minimum absolute atomic E-state index is 0.0223. The first kappa shape index (κ1) is 21.2. The van der Waals surface area contributed by atoms with Crippen LogP contribution in [0.15, 0.2) is 47.4 Å². The van der Waals surface area contributed by atoms with E-state index >= 15 is 0 Å². The molecule has 2 aromatic carbocycles. The molecule has 0 radical (unpaired) electrons. The Bertz CT molecular complexity index is 958. The average molecular weight is 429 g/mol. The maximum Gasteiger partial charge on any atom is 0.253 e. The van der Waals surface area contributed by atoms with Crippen molar-refractivity contribution >= 4 is 50.5 Å². The standard InChI is InChI=1S/C18H18Cl2N2O4S/c1-11(2)21-18(24)15-8-5-13(20)9-16(15)22-17(23)10-27(25,26)14-6-3-12(19)4-7-14/h3-9,11H,10H2,1-2H3,(H,21,24)(H,22,23). The molecule has 0 saturated carbocycles. The summed E-state index contributed by atoms with van der Waals surface area (Å²) in [7, 11) is -3.86. The number of rotatable bonds is 6. The van der Waals surface area contributed by atoms with E-state index in [2.05, 4.69) is 10.6 Å². The van der Waals surface area contributed by atoms with Gasteiger partial charge in [-0.25, -0.2) is 8.42 Å². The van der Waals surface area contributed by atoms with Crippen LogP contribution < -0.4 is 10.6 Å². The summed E-state index contributed by atoms with van der Waals surface area (Å²) < 4.78 is 24.7. The van der Waals surface area contributed by atoms with Crippen molar-refractivity contribution in [1.82, 2.24) is 5.32 Å². The van der Waals surface area contributed by atoms with Crippen LogP contribution in [0.25, 0.3) is 0 Å². The van der Waals surface area contributed by atoms with Gasteiger partial charge in [0.15, 0.2) is 9.84 Å². The van der Waals surface area contributed by atoms with Gasteiger partial charge in [0, 0.05) is 16.1 Å². The van der Waals surface area contributed by atoms with Crippen LogP contribution >= 0.6 is 23.2 Å². The van der Waals surface area contributed by atoms with Crippen LogP contribution in [-0.4, -0.2) is 32.0 Å². The molecule has 0 aromatic heterocycles. The van der Waals surface area contributed by atoms with E-state index in [0.29, 0.717) is 10.0 Å². The minimum atomic E-state index is -3.86. The summed E-state index contributed by atoms with van der Waals surface area (Å²) in [5.41, 5.74) is 0.322. The molecule has 2 amide bonds. The van der Waals surface area contributed by atoms with Gasteiger partial charge in [-0.15, -0.1) is 0 Å². The molecule has 0 bridgehead atoms. The van der Waals surface area contributed by atoms with E-state index in [4.69, 9.17) is 23.2 Å². The summed E-state index contributed by atoms with van der Waals surface area (Å²) in [4.78, 5) is 24.5. The number of hydrogen-bond donors (Lipinski definition) is 2. The third-order valence-corrected chi connectivity index (χ3v) is 5.53. The van der Waals surface area contributed by atoms with E-state index in [0.717, 1.165) is 0 Å². The maximum absolute atomic E-state index is 12.4. The van der Waals surface area contributed by atoms with E-state index in [9.17, 15) is 18.0 Å². The van der Waals surface area contributed by atoms with Gasteiger partial charge >= 0.3 is 0 Å². The SMILES string of the molecule is CC(C)NC(=O)c1ccc(Cl)cc1NC(=O)CS(=O)(=O)c1ccc(Cl)cc1. The Morgan fingerprint density at radius 2 is 1.59 bits per heavy atom. The van der Waals surface area contributed by atoms with Gasteiger partial charge in [-0.1, -0.05) is 23.2 Å². The van der Waals surface area contributed by atoms with Crippen LogP contribution in [0.4, 0.5) is 5.69 Å². The molecule has 0 aliphatic rings. The van der Waals surface area contributed by atoms with Crippen molar-refractivity contribution in [3.63, 3.8) is 0 Å². The van der Waals surface area contributed by atoms with Gasteiger partial charge in [0.05, 0.1) is 16.1 Å². The van der Waals surface area contributed by atoms with Gasteiger partial charge < -0.3 is 10.6 Å². The molecular formula is C18H18Cl2N2O4S. The highest BCUT2D eigenvalue weighted by molar-refractivity contribution is 7.92. The molecule has 0 unspecified atom stereocenters. The van der Waals surface area contributed by atoms with Gasteiger partial charge in [0.25, 0.3) is 5.91 Å². The first-order chi connectivity index (χ1) is 12.6. The third-order valence-electron chi connectivity index (χ3n) is 3.41. The second-order valence-corrected chi connectivity index (χ2v) is 8.94. The summed E-state index contributed by atoms with van der Waals surface area (Å²) in [5, 5.41) is 5.85. The quantitative estimate of drug-likeness (QED) is 0.735. The summed E-state index contributed by atoms with van der Waals surface area (Å²) in [6, 6.07) is 9.76. The summed E-state index contributed by atoms with van der Waals surface area (Å²) in [6.45, 7) is 3.59. The number of halogens is 2. The zero-order valence-corrected chi connectivity index (χ0v) is 17.0. The number of carbonyl (C=O) groups is 2. The number of sulfone groups is 1. The lowest BCUT2D eigenvalue weighted by Gasteiger charge is -2.14. The largest absolute Gasteiger partial charge is 0.350 e. The van der Waals surface area contributed by atoms with E-state index in [1.54, 1.807) is 13.8 Å². The van der Waals surface area contributed by atoms with Crippen LogP contribution in [0.5, 0.6) is 0 Å². The molecule has 0 saturated heterocycles. The third kappa shape index (κ3) is 5.95. The van der Waals surface area contributed by atoms with Gasteiger partial charge in [0.1, 0.15) is 5.75 Å². The van der Waals surface area contributed by atoms with Crippen molar-refractivity contribution < 1.29 is 18.0 Å². The lowest BCUT2D eigenvalue weighted by molar-refractivity contribution is -0.113. The Kier molecular flexibility index (Phi) is 6.86. The van der Waals surface area contributed by atoms with Crippen molar-refractivity contribution in [3.8, 4) is 0 Å². The topological polar surface area (TPSA) is 92.3 Å². The summed E-state index contributed by atoms with van der Waals surface area (Å²) in [6.07, 6.45) is 0. The molecule has 27 heavy (non-hydrogen) atoms. The molecule has 0 fully saturated rings. The molecule has 0 heterocycles. The first-order valence-corrected chi connectivity index (χ1v) is 10.4. The number of amides is 2. The molecule has 0 aliphatic heterocycles. The van der Waals surface area contributed by atoms with E-state index in [1.165, 1.54) is 42.5 Å². The lowest BCUT2D eigenvalue weighted by atomic mass is 10.1. The first-order valence-electron chi connectivity index (χ1n) is 7.97. The van der Waals surface area contributed by atoms with Crippen molar-refractivity contribution in [2.24, 2.45) is 0 Å². The van der Waals surface area contributed by atoms with Crippen LogP contribution in [0.3, 0.4) is 0 Å². The lowest BCUT2D eigenvalue weighted by Crippen LogP contribution is -2.31. The predicted octanol–water partition coefficient (Wildman–Crippen LogP) is 3.54.